The Morgan fingerprint density at radius 1 is 1.29 bits per heavy atom. The molecule has 2 rings (SSSR count). The standard InChI is InChI=1S/C10H6BrClN4O4S/c11-8-3-6(4-14-10(8)12)15-21(19,20)7-1-2-9(13-5-7)16(17)18/h1-5,15H. The van der Waals surface area contributed by atoms with E-state index in [-0.39, 0.29) is 15.7 Å². The van der Waals surface area contributed by atoms with Crippen LogP contribution < -0.4 is 4.72 Å². The van der Waals surface area contributed by atoms with Crippen molar-refractivity contribution in [3.63, 3.8) is 0 Å². The van der Waals surface area contributed by atoms with E-state index in [1.807, 2.05) is 0 Å². The minimum absolute atomic E-state index is 0.185. The highest BCUT2D eigenvalue weighted by Crippen LogP contribution is 2.24. The Kier molecular flexibility index (Phi) is 4.40. The summed E-state index contributed by atoms with van der Waals surface area (Å²) in [5.41, 5.74) is 0.185. The number of nitro groups is 1. The number of hydrogen-bond donors (Lipinski definition) is 1. The molecule has 2 heterocycles. The van der Waals surface area contributed by atoms with Crippen LogP contribution in [0.15, 0.2) is 40.0 Å². The molecule has 0 aliphatic rings. The molecule has 0 aromatic carbocycles. The third-order valence-electron chi connectivity index (χ3n) is 2.27. The van der Waals surface area contributed by atoms with Crippen molar-refractivity contribution in [2.75, 3.05) is 4.72 Å². The first-order valence-electron chi connectivity index (χ1n) is 5.24. The van der Waals surface area contributed by atoms with E-state index in [9.17, 15) is 18.5 Å². The summed E-state index contributed by atoms with van der Waals surface area (Å²) >= 11 is 8.83. The molecule has 0 radical (unpaired) electrons. The quantitative estimate of drug-likeness (QED) is 0.485. The van der Waals surface area contributed by atoms with Crippen molar-refractivity contribution in [1.82, 2.24) is 9.97 Å². The number of hydrogen-bond acceptors (Lipinski definition) is 6. The molecule has 0 atom stereocenters. The fourth-order valence-electron chi connectivity index (χ4n) is 1.33. The summed E-state index contributed by atoms with van der Waals surface area (Å²) in [6.45, 7) is 0. The van der Waals surface area contributed by atoms with Crippen molar-refractivity contribution in [1.29, 1.82) is 0 Å². The molecule has 0 saturated carbocycles. The first-order chi connectivity index (χ1) is 9.79. The SMILES string of the molecule is O=[N+]([O-])c1ccc(S(=O)(=O)Nc2cnc(Cl)c(Br)c2)cn1. The van der Waals surface area contributed by atoms with E-state index in [4.69, 9.17) is 11.6 Å². The zero-order valence-electron chi connectivity index (χ0n) is 10.0. The highest BCUT2D eigenvalue weighted by Gasteiger charge is 2.18. The lowest BCUT2D eigenvalue weighted by Crippen LogP contribution is -2.13. The van der Waals surface area contributed by atoms with E-state index in [0.29, 0.717) is 4.47 Å². The lowest BCUT2D eigenvalue weighted by Gasteiger charge is -2.07. The Balaban J connectivity index is 2.29. The molecular formula is C10H6BrClN4O4S. The highest BCUT2D eigenvalue weighted by atomic mass is 79.9. The van der Waals surface area contributed by atoms with Gasteiger partial charge in [0.25, 0.3) is 10.0 Å². The number of nitrogens with zero attached hydrogens (tertiary/aromatic N) is 3. The summed E-state index contributed by atoms with van der Waals surface area (Å²) in [5.74, 6) is -0.440. The Labute approximate surface area is 132 Å². The number of halogens is 2. The second kappa shape index (κ2) is 5.92. The van der Waals surface area contributed by atoms with Crippen LogP contribution in [0.1, 0.15) is 0 Å². The number of anilines is 1. The van der Waals surface area contributed by atoms with Gasteiger partial charge in [-0.1, -0.05) is 11.6 Å². The molecule has 11 heteroatoms. The predicted octanol–water partition coefficient (Wildman–Crippen LogP) is 2.60. The average Bonchev–Trinajstić information content (AvgIpc) is 2.43. The third-order valence-corrected chi connectivity index (χ3v) is 4.77. The van der Waals surface area contributed by atoms with E-state index in [2.05, 4.69) is 30.6 Å². The van der Waals surface area contributed by atoms with Crippen molar-refractivity contribution < 1.29 is 13.3 Å². The Morgan fingerprint density at radius 3 is 2.52 bits per heavy atom. The summed E-state index contributed by atoms with van der Waals surface area (Å²) in [6.07, 6.45) is 2.14. The summed E-state index contributed by atoms with van der Waals surface area (Å²) in [4.78, 5) is 16.8. The van der Waals surface area contributed by atoms with Crippen LogP contribution in [0.3, 0.4) is 0 Å². The molecule has 2 aromatic heterocycles. The van der Waals surface area contributed by atoms with E-state index in [1.54, 1.807) is 0 Å². The topological polar surface area (TPSA) is 115 Å². The number of sulfonamides is 1. The molecular weight excluding hydrogens is 388 g/mol. The fraction of sp³-hybridized carbons (Fsp3) is 0. The maximum Gasteiger partial charge on any atom is 0.363 e. The molecule has 0 fully saturated rings. The van der Waals surface area contributed by atoms with Crippen LogP contribution in [-0.2, 0) is 10.0 Å². The number of nitrogens with one attached hydrogen (secondary N) is 1. The molecule has 0 spiro atoms. The second-order valence-corrected chi connectivity index (χ2v) is 6.61. The van der Waals surface area contributed by atoms with E-state index in [0.717, 1.165) is 18.3 Å². The van der Waals surface area contributed by atoms with Gasteiger partial charge < -0.3 is 10.1 Å². The van der Waals surface area contributed by atoms with Gasteiger partial charge in [0.2, 0.25) is 0 Å². The van der Waals surface area contributed by atoms with Crippen LogP contribution in [0.4, 0.5) is 11.5 Å². The maximum atomic E-state index is 12.1. The number of pyridine rings is 2. The molecule has 8 nitrogen and oxygen atoms in total. The summed E-state index contributed by atoms with van der Waals surface area (Å²) in [5, 5.41) is 10.7. The van der Waals surface area contributed by atoms with Crippen molar-refractivity contribution >= 4 is 49.1 Å². The molecule has 110 valence electrons. The highest BCUT2D eigenvalue weighted by molar-refractivity contribution is 9.10. The summed E-state index contributed by atoms with van der Waals surface area (Å²) in [6, 6.07) is 3.53. The Morgan fingerprint density at radius 2 is 2.00 bits per heavy atom. The van der Waals surface area contributed by atoms with Gasteiger partial charge in [-0.3, -0.25) is 4.72 Å². The van der Waals surface area contributed by atoms with Crippen molar-refractivity contribution in [3.05, 3.63) is 50.3 Å². The molecule has 21 heavy (non-hydrogen) atoms. The van der Waals surface area contributed by atoms with Gasteiger partial charge in [0, 0.05) is 6.07 Å². The molecule has 0 amide bonds. The second-order valence-electron chi connectivity index (χ2n) is 3.71. The first kappa shape index (κ1) is 15.6. The van der Waals surface area contributed by atoms with E-state index in [1.165, 1.54) is 12.3 Å². The van der Waals surface area contributed by atoms with Gasteiger partial charge in [-0.2, -0.15) is 0 Å². The lowest BCUT2D eigenvalue weighted by molar-refractivity contribution is -0.389. The van der Waals surface area contributed by atoms with Crippen molar-refractivity contribution in [3.8, 4) is 0 Å². The van der Waals surface area contributed by atoms with Crippen molar-refractivity contribution in [2.24, 2.45) is 0 Å². The van der Waals surface area contributed by atoms with Gasteiger partial charge in [0.05, 0.1) is 16.4 Å². The molecule has 0 aliphatic carbocycles. The van der Waals surface area contributed by atoms with Gasteiger partial charge in [-0.25, -0.2) is 13.4 Å². The molecule has 0 unspecified atom stereocenters. The smallest absolute Gasteiger partial charge is 0.358 e. The minimum Gasteiger partial charge on any atom is -0.358 e. The molecule has 2 aromatic rings. The van der Waals surface area contributed by atoms with Gasteiger partial charge >= 0.3 is 5.82 Å². The van der Waals surface area contributed by atoms with Crippen LogP contribution in [-0.4, -0.2) is 23.3 Å². The Bertz CT molecular complexity index is 797. The summed E-state index contributed by atoms with van der Waals surface area (Å²) < 4.78 is 26.8. The summed E-state index contributed by atoms with van der Waals surface area (Å²) in [7, 11) is -3.92. The fourth-order valence-corrected chi connectivity index (χ4v) is 2.76. The normalized spacial score (nSPS) is 11.1. The van der Waals surface area contributed by atoms with Crippen LogP contribution in [0.25, 0.3) is 0 Å². The Hall–Kier alpha value is -1.78. The first-order valence-corrected chi connectivity index (χ1v) is 7.89. The molecule has 0 bridgehead atoms. The van der Waals surface area contributed by atoms with Crippen LogP contribution in [0.2, 0.25) is 5.15 Å². The van der Waals surface area contributed by atoms with Crippen LogP contribution >= 0.6 is 27.5 Å². The zero-order valence-corrected chi connectivity index (χ0v) is 13.2. The predicted molar refractivity (Wildman–Crippen MR) is 78.6 cm³/mol. The van der Waals surface area contributed by atoms with Gasteiger partial charge in [0.15, 0.2) is 6.20 Å². The third kappa shape index (κ3) is 3.65. The van der Waals surface area contributed by atoms with Gasteiger partial charge in [-0.05, 0) is 38.0 Å². The van der Waals surface area contributed by atoms with Gasteiger partial charge in [0.1, 0.15) is 10.0 Å². The van der Waals surface area contributed by atoms with E-state index >= 15 is 0 Å². The maximum absolute atomic E-state index is 12.1. The lowest BCUT2D eigenvalue weighted by atomic mass is 10.4. The van der Waals surface area contributed by atoms with E-state index < -0.39 is 20.8 Å². The molecule has 0 saturated heterocycles. The van der Waals surface area contributed by atoms with Gasteiger partial charge in [-0.15, -0.1) is 0 Å². The van der Waals surface area contributed by atoms with Crippen LogP contribution in [0.5, 0.6) is 0 Å². The van der Waals surface area contributed by atoms with Crippen LogP contribution in [0, 0.1) is 10.1 Å². The largest absolute Gasteiger partial charge is 0.363 e. The minimum atomic E-state index is -3.92. The average molecular weight is 394 g/mol. The molecule has 1 N–H and O–H groups in total. The van der Waals surface area contributed by atoms with Crippen molar-refractivity contribution in [2.45, 2.75) is 4.90 Å². The number of aromatic nitrogens is 2. The molecule has 0 aliphatic heterocycles. The monoisotopic (exact) mass is 392 g/mol. The number of rotatable bonds is 4. The zero-order chi connectivity index (χ0) is 15.6.